The van der Waals surface area contributed by atoms with E-state index in [2.05, 4.69) is 13.8 Å². The monoisotopic (exact) mass is 1200 g/mol. The number of rotatable bonds is 73. The molecule has 0 heterocycles. The Hall–Kier alpha value is -1.71. The quantitative estimate of drug-likeness (QED) is 0.0256. The average Bonchev–Trinajstić information content (AvgIpc) is 3.49. The number of hydrogen-bond acceptors (Lipinski definition) is 8. The van der Waals surface area contributed by atoms with Crippen molar-refractivity contribution in [1.82, 2.24) is 0 Å². The second kappa shape index (κ2) is 68.2. The summed E-state index contributed by atoms with van der Waals surface area (Å²) in [5.41, 5.74) is 0. The van der Waals surface area contributed by atoms with E-state index >= 15 is 0 Å². The van der Waals surface area contributed by atoms with Gasteiger partial charge in [-0.2, -0.15) is 0 Å². The Morgan fingerprint density at radius 3 is 0.753 bits per heavy atom. The normalized spacial score (nSPS) is 12.5. The molecule has 506 valence electrons. The number of hydrogen-bond donors (Lipinski definition) is 0. The van der Waals surface area contributed by atoms with E-state index in [0.29, 0.717) is 17.4 Å². The Morgan fingerprint density at radius 2 is 0.529 bits per heavy atom. The number of esters is 2. The van der Waals surface area contributed by atoms with Crippen molar-refractivity contribution < 1.29 is 42.9 Å². The molecule has 0 aromatic rings. The van der Waals surface area contributed by atoms with Crippen molar-refractivity contribution >= 4 is 17.9 Å². The fraction of sp³-hybridized carbons (Fsp3) is 0.961. The number of ether oxygens (including phenoxy) is 4. The molecular weight excluding hydrogens is 1050 g/mol. The van der Waals surface area contributed by atoms with Gasteiger partial charge in [-0.15, -0.1) is 0 Å². The molecule has 0 saturated carbocycles. The molecule has 0 amide bonds. The van der Waals surface area contributed by atoms with Crippen LogP contribution in [0.15, 0.2) is 0 Å². The molecule has 0 aromatic heterocycles. The predicted molar refractivity (Wildman–Crippen MR) is 362 cm³/mol. The lowest BCUT2D eigenvalue weighted by Gasteiger charge is -2.26. The van der Waals surface area contributed by atoms with Crippen LogP contribution in [-0.4, -0.2) is 82.3 Å². The van der Waals surface area contributed by atoms with E-state index in [-0.39, 0.29) is 32.2 Å². The third-order valence-corrected chi connectivity index (χ3v) is 17.9. The summed E-state index contributed by atoms with van der Waals surface area (Å²) in [7, 11) is 5.95. The van der Waals surface area contributed by atoms with Gasteiger partial charge in [0.2, 0.25) is 0 Å². The second-order valence-electron chi connectivity index (χ2n) is 27.7. The standard InChI is InChI=1S/C76H149NO8/c1-6-8-10-12-14-16-18-20-22-24-26-28-30-32-34-35-36-37-38-39-40-41-43-45-47-49-51-53-55-57-59-61-63-65-67-74(79)85-72(71-84-76(75(80)81)82-69-68-77(3,4)5)70-83-73(78)66-64-62-60-58-56-54-52-50-48-46-44-42-33-31-29-27-25-23-21-19-17-15-13-11-9-7-2/h72,76H,6-71H2,1-5H3. The first kappa shape index (κ1) is 83.3. The van der Waals surface area contributed by atoms with Gasteiger partial charge in [-0.05, 0) is 12.8 Å². The predicted octanol–water partition coefficient (Wildman–Crippen LogP) is 22.5. The highest BCUT2D eigenvalue weighted by Crippen LogP contribution is 2.20. The van der Waals surface area contributed by atoms with Crippen molar-refractivity contribution in [2.75, 3.05) is 47.5 Å². The van der Waals surface area contributed by atoms with Crippen LogP contribution in [0, 0.1) is 0 Å². The number of carbonyl (C=O) groups excluding carboxylic acids is 3. The van der Waals surface area contributed by atoms with Crippen LogP contribution < -0.4 is 5.11 Å². The number of unbranched alkanes of at least 4 members (excludes halogenated alkanes) is 58. The van der Waals surface area contributed by atoms with Crippen LogP contribution in [0.2, 0.25) is 0 Å². The van der Waals surface area contributed by atoms with Gasteiger partial charge in [-0.1, -0.05) is 386 Å². The minimum absolute atomic E-state index is 0.154. The molecule has 2 unspecified atom stereocenters. The zero-order valence-electron chi connectivity index (χ0n) is 58.0. The highest BCUT2D eigenvalue weighted by atomic mass is 16.7. The maximum absolute atomic E-state index is 13.0. The van der Waals surface area contributed by atoms with E-state index in [4.69, 9.17) is 18.9 Å². The summed E-state index contributed by atoms with van der Waals surface area (Å²) in [6.07, 6.45) is 79.4. The maximum atomic E-state index is 13.0. The van der Waals surface area contributed by atoms with Crippen molar-refractivity contribution in [3.63, 3.8) is 0 Å². The summed E-state index contributed by atoms with van der Waals surface area (Å²) < 4.78 is 22.9. The Balaban J connectivity index is 3.97. The highest BCUT2D eigenvalue weighted by molar-refractivity contribution is 5.70. The summed E-state index contributed by atoms with van der Waals surface area (Å²) in [6, 6.07) is 0. The first-order valence-corrected chi connectivity index (χ1v) is 38.2. The van der Waals surface area contributed by atoms with Crippen LogP contribution in [0.25, 0.3) is 0 Å². The first-order chi connectivity index (χ1) is 41.6. The van der Waals surface area contributed by atoms with Crippen molar-refractivity contribution in [2.24, 2.45) is 0 Å². The van der Waals surface area contributed by atoms with Gasteiger partial charge < -0.3 is 33.3 Å². The SMILES string of the molecule is CCCCCCCCCCCCCCCCCCCCCCCCCCCCCCCCCCCCC(=O)OC(COC(=O)CCCCCCCCCCCCCCCCCCCCCCCCCCCC)COC(OCC[N+](C)(C)C)C(=O)[O-]. The smallest absolute Gasteiger partial charge is 0.306 e. The van der Waals surface area contributed by atoms with Crippen LogP contribution in [0.1, 0.15) is 412 Å². The largest absolute Gasteiger partial charge is 0.545 e. The van der Waals surface area contributed by atoms with Gasteiger partial charge in [0.15, 0.2) is 12.4 Å². The molecule has 0 fully saturated rings. The molecule has 9 nitrogen and oxygen atoms in total. The fourth-order valence-electron chi connectivity index (χ4n) is 12.0. The topological polar surface area (TPSA) is 111 Å². The Bertz CT molecular complexity index is 1350. The fourth-order valence-corrected chi connectivity index (χ4v) is 12.0. The molecule has 0 spiro atoms. The lowest BCUT2D eigenvalue weighted by Crippen LogP contribution is -2.44. The Morgan fingerprint density at radius 1 is 0.306 bits per heavy atom. The van der Waals surface area contributed by atoms with Crippen molar-refractivity contribution in [3.05, 3.63) is 0 Å². The molecule has 85 heavy (non-hydrogen) atoms. The van der Waals surface area contributed by atoms with E-state index in [9.17, 15) is 19.5 Å². The van der Waals surface area contributed by atoms with Crippen LogP contribution in [0.3, 0.4) is 0 Å². The highest BCUT2D eigenvalue weighted by Gasteiger charge is 2.22. The molecule has 0 saturated heterocycles. The van der Waals surface area contributed by atoms with Crippen LogP contribution in [0.4, 0.5) is 0 Å². The lowest BCUT2D eigenvalue weighted by atomic mass is 10.0. The molecule has 0 bridgehead atoms. The van der Waals surface area contributed by atoms with Gasteiger partial charge in [0, 0.05) is 12.8 Å². The third kappa shape index (κ3) is 69.6. The van der Waals surface area contributed by atoms with Crippen molar-refractivity contribution in [1.29, 1.82) is 0 Å². The molecule has 9 heteroatoms. The Kier molecular flexibility index (Phi) is 66.8. The summed E-state index contributed by atoms with van der Waals surface area (Å²) in [5.74, 6) is -2.24. The number of carbonyl (C=O) groups is 3. The van der Waals surface area contributed by atoms with Crippen molar-refractivity contribution in [2.45, 2.75) is 424 Å². The number of quaternary nitrogens is 1. The van der Waals surface area contributed by atoms with E-state index in [1.54, 1.807) is 0 Å². The van der Waals surface area contributed by atoms with Crippen molar-refractivity contribution in [3.8, 4) is 0 Å². The number of carboxylic acid groups (broad SMARTS) is 1. The average molecular weight is 1210 g/mol. The van der Waals surface area contributed by atoms with Gasteiger partial charge in [0.1, 0.15) is 13.2 Å². The minimum atomic E-state index is -1.62. The van der Waals surface area contributed by atoms with Gasteiger partial charge in [0.25, 0.3) is 0 Å². The number of nitrogens with zero attached hydrogens (tertiary/aromatic N) is 1. The second-order valence-corrected chi connectivity index (χ2v) is 27.7. The number of carboxylic acids is 1. The molecule has 0 aliphatic heterocycles. The third-order valence-electron chi connectivity index (χ3n) is 17.9. The number of aliphatic carboxylic acids is 1. The Labute approximate surface area is 530 Å². The molecule has 0 radical (unpaired) electrons. The molecule has 0 aliphatic carbocycles. The van der Waals surface area contributed by atoms with Gasteiger partial charge in [-0.3, -0.25) is 9.59 Å². The van der Waals surface area contributed by atoms with Gasteiger partial charge in [-0.25, -0.2) is 0 Å². The van der Waals surface area contributed by atoms with E-state index < -0.39 is 24.3 Å². The summed E-state index contributed by atoms with van der Waals surface area (Å²) in [6.45, 7) is 4.85. The molecule has 0 N–H and O–H groups in total. The maximum Gasteiger partial charge on any atom is 0.306 e. The number of likely N-dealkylation sites (N-methyl/N-ethyl adjacent to an activating group) is 1. The first-order valence-electron chi connectivity index (χ1n) is 38.2. The zero-order valence-corrected chi connectivity index (χ0v) is 58.0. The summed E-state index contributed by atoms with van der Waals surface area (Å²) >= 11 is 0. The van der Waals surface area contributed by atoms with E-state index in [0.717, 1.165) is 38.5 Å². The van der Waals surface area contributed by atoms with E-state index in [1.165, 1.54) is 347 Å². The molecule has 2 atom stereocenters. The van der Waals surface area contributed by atoms with Gasteiger partial charge >= 0.3 is 11.9 Å². The minimum Gasteiger partial charge on any atom is -0.545 e. The zero-order chi connectivity index (χ0) is 61.9. The van der Waals surface area contributed by atoms with Crippen LogP contribution in [-0.2, 0) is 33.3 Å². The van der Waals surface area contributed by atoms with Gasteiger partial charge in [0.05, 0.1) is 40.3 Å². The van der Waals surface area contributed by atoms with Crippen LogP contribution >= 0.6 is 0 Å². The molecule has 0 rings (SSSR count). The lowest BCUT2D eigenvalue weighted by molar-refractivity contribution is -0.870. The van der Waals surface area contributed by atoms with Crippen LogP contribution in [0.5, 0.6) is 0 Å². The molecule has 0 aliphatic rings. The molecule has 0 aromatic carbocycles. The summed E-state index contributed by atoms with van der Waals surface area (Å²) in [4.78, 5) is 37.5. The molecular formula is C76H149NO8. The summed E-state index contributed by atoms with van der Waals surface area (Å²) in [5, 5.41) is 11.8. The van der Waals surface area contributed by atoms with E-state index in [1.807, 2.05) is 21.1 Å².